The van der Waals surface area contributed by atoms with Crippen molar-refractivity contribution < 1.29 is 22.6 Å². The van der Waals surface area contributed by atoms with Crippen molar-refractivity contribution in [3.63, 3.8) is 0 Å². The highest BCUT2D eigenvalue weighted by atomic mass is 32.2. The third kappa shape index (κ3) is 9.06. The topological polar surface area (TPSA) is 99.6 Å². The van der Waals surface area contributed by atoms with E-state index in [4.69, 9.17) is 14.2 Å². The molecule has 3 aromatic rings. The average molecular weight is 542 g/mol. The van der Waals surface area contributed by atoms with Gasteiger partial charge >= 0.3 is 0 Å². The van der Waals surface area contributed by atoms with Crippen LogP contribution in [-0.2, 0) is 15.4 Å². The predicted octanol–water partition coefficient (Wildman–Crippen LogP) is 7.14. The quantitative estimate of drug-likeness (QED) is 0.203. The third-order valence-electron chi connectivity index (χ3n) is 5.09. The number of hydrogen-bond acceptors (Lipinski definition) is 7. The number of nitrogens with one attached hydrogen (secondary N) is 1. The number of hydrogen-bond donors (Lipinski definition) is 1. The van der Waals surface area contributed by atoms with Crippen molar-refractivity contribution in [2.24, 2.45) is 0 Å². The molecule has 0 atom stereocenters. The van der Waals surface area contributed by atoms with E-state index < -0.39 is 10.0 Å². The van der Waals surface area contributed by atoms with Gasteiger partial charge in [0.15, 0.2) is 5.82 Å². The Hall–Kier alpha value is -3.59. The molecule has 0 amide bonds. The maximum Gasteiger partial charge on any atom is 0.263 e. The second kappa shape index (κ2) is 14.4. The molecule has 8 nitrogen and oxygen atoms in total. The van der Waals surface area contributed by atoms with E-state index in [1.165, 1.54) is 12.7 Å². The fourth-order valence-corrected chi connectivity index (χ4v) is 4.14. The summed E-state index contributed by atoms with van der Waals surface area (Å²) >= 11 is 0. The maximum atomic E-state index is 13.2. The van der Waals surface area contributed by atoms with Crippen LogP contribution in [0.1, 0.15) is 59.4 Å². The van der Waals surface area contributed by atoms with Crippen LogP contribution in [0, 0.1) is 0 Å². The highest BCUT2D eigenvalue weighted by molar-refractivity contribution is 7.92. The lowest BCUT2D eigenvalue weighted by Crippen LogP contribution is -2.16. The second-order valence-electron chi connectivity index (χ2n) is 9.50. The summed E-state index contributed by atoms with van der Waals surface area (Å²) in [6.45, 7) is 14.5. The van der Waals surface area contributed by atoms with Crippen LogP contribution in [0.4, 0.5) is 5.82 Å². The minimum Gasteiger partial charge on any atom is -0.497 e. The standard InChI is InChI=1S/C26H31N3O5S.C3H8/c1-6-7-8-16-33-25-23(34-21-11-9-10-20(17-21)32-5)24(27-18-28-25)29-35(30,31)22-14-12-19(13-15-22)26(2,3)4;1-3-2/h6,9-15,17-18H,1,7-8,16H2,2-5H3,(H,27,28,29);3H2,1-2H3. The first kappa shape index (κ1) is 30.6. The summed E-state index contributed by atoms with van der Waals surface area (Å²) < 4.78 is 45.9. The van der Waals surface area contributed by atoms with Gasteiger partial charge in [-0.15, -0.1) is 6.58 Å². The first-order valence-corrected chi connectivity index (χ1v) is 14.1. The number of anilines is 1. The zero-order valence-electron chi connectivity index (χ0n) is 23.2. The van der Waals surface area contributed by atoms with Gasteiger partial charge < -0.3 is 14.2 Å². The molecule has 0 spiro atoms. The number of nitrogens with zero attached hydrogens (tertiary/aromatic N) is 2. The minimum absolute atomic E-state index is 0.0403. The molecular formula is C29H39N3O5S. The van der Waals surface area contributed by atoms with Gasteiger partial charge in [-0.2, -0.15) is 4.98 Å². The van der Waals surface area contributed by atoms with Crippen molar-refractivity contribution in [2.75, 3.05) is 18.4 Å². The first-order chi connectivity index (χ1) is 18.0. The number of sulfonamides is 1. The van der Waals surface area contributed by atoms with Gasteiger partial charge in [0.25, 0.3) is 15.9 Å². The van der Waals surface area contributed by atoms with Crippen LogP contribution in [0.25, 0.3) is 0 Å². The van der Waals surface area contributed by atoms with Crippen LogP contribution < -0.4 is 18.9 Å². The number of methoxy groups -OCH3 is 1. The van der Waals surface area contributed by atoms with Gasteiger partial charge in [-0.1, -0.05) is 65.3 Å². The minimum atomic E-state index is -3.96. The van der Waals surface area contributed by atoms with Crippen molar-refractivity contribution in [3.05, 3.63) is 73.1 Å². The molecule has 9 heteroatoms. The van der Waals surface area contributed by atoms with E-state index in [1.54, 1.807) is 61.7 Å². The Morgan fingerprint density at radius 2 is 1.68 bits per heavy atom. The summed E-state index contributed by atoms with van der Waals surface area (Å²) in [4.78, 5) is 8.40. The molecule has 1 N–H and O–H groups in total. The van der Waals surface area contributed by atoms with Crippen LogP contribution in [0.5, 0.6) is 23.1 Å². The van der Waals surface area contributed by atoms with Gasteiger partial charge in [-0.3, -0.25) is 4.72 Å². The summed E-state index contributed by atoms with van der Waals surface area (Å²) in [5, 5.41) is 0. The fourth-order valence-electron chi connectivity index (χ4n) is 3.12. The predicted molar refractivity (Wildman–Crippen MR) is 152 cm³/mol. The fraction of sp³-hybridized carbons (Fsp3) is 0.379. The molecule has 2 aromatic carbocycles. The number of aromatic nitrogens is 2. The van der Waals surface area contributed by atoms with Crippen molar-refractivity contribution in [2.45, 2.75) is 64.2 Å². The molecule has 0 fully saturated rings. The van der Waals surface area contributed by atoms with Crippen molar-refractivity contribution in [1.29, 1.82) is 0 Å². The van der Waals surface area contributed by atoms with E-state index in [-0.39, 0.29) is 27.8 Å². The van der Waals surface area contributed by atoms with Crippen LogP contribution in [0.3, 0.4) is 0 Å². The Morgan fingerprint density at radius 3 is 2.29 bits per heavy atom. The third-order valence-corrected chi connectivity index (χ3v) is 6.44. The lowest BCUT2D eigenvalue weighted by molar-refractivity contribution is 0.285. The molecule has 0 aliphatic rings. The Bertz CT molecular complexity index is 1270. The molecule has 0 radical (unpaired) electrons. The lowest BCUT2D eigenvalue weighted by Gasteiger charge is -2.19. The van der Waals surface area contributed by atoms with Gasteiger partial charge in [0, 0.05) is 6.07 Å². The first-order valence-electron chi connectivity index (χ1n) is 12.6. The van der Waals surface area contributed by atoms with Crippen LogP contribution in [0.2, 0.25) is 0 Å². The number of allylic oxidation sites excluding steroid dienone is 1. The molecule has 206 valence electrons. The summed E-state index contributed by atoms with van der Waals surface area (Å²) in [5.74, 6) is 1.11. The van der Waals surface area contributed by atoms with Crippen molar-refractivity contribution >= 4 is 15.8 Å². The average Bonchev–Trinajstić information content (AvgIpc) is 2.88. The van der Waals surface area contributed by atoms with E-state index in [1.807, 2.05) is 0 Å². The zero-order chi connectivity index (χ0) is 28.2. The zero-order valence-corrected chi connectivity index (χ0v) is 24.0. The molecule has 1 aromatic heterocycles. The second-order valence-corrected chi connectivity index (χ2v) is 11.2. The SMILES string of the molecule is C=CCCCOc1ncnc(NS(=O)(=O)c2ccc(C(C)(C)C)cc2)c1Oc1cccc(OC)c1.CCC. The molecule has 0 saturated heterocycles. The summed E-state index contributed by atoms with van der Waals surface area (Å²) in [6, 6.07) is 13.6. The molecule has 0 saturated carbocycles. The molecular weight excluding hydrogens is 502 g/mol. The largest absolute Gasteiger partial charge is 0.497 e. The molecule has 0 unspecified atom stereocenters. The van der Waals surface area contributed by atoms with Gasteiger partial charge in [-0.25, -0.2) is 13.4 Å². The lowest BCUT2D eigenvalue weighted by atomic mass is 9.87. The maximum absolute atomic E-state index is 13.2. The Labute approximate surface area is 227 Å². The molecule has 1 heterocycles. The highest BCUT2D eigenvalue weighted by Gasteiger charge is 2.23. The van der Waals surface area contributed by atoms with E-state index in [9.17, 15) is 8.42 Å². The van der Waals surface area contributed by atoms with E-state index in [0.29, 0.717) is 24.5 Å². The van der Waals surface area contributed by atoms with Crippen LogP contribution in [0.15, 0.2) is 72.4 Å². The Kier molecular flexibility index (Phi) is 11.6. The summed E-state index contributed by atoms with van der Waals surface area (Å²) in [5.41, 5.74) is 0.925. The van der Waals surface area contributed by atoms with E-state index in [2.05, 4.69) is 55.9 Å². The van der Waals surface area contributed by atoms with E-state index in [0.717, 1.165) is 12.0 Å². The van der Waals surface area contributed by atoms with Gasteiger partial charge in [-0.05, 0) is 48.1 Å². The number of rotatable bonds is 11. The number of benzene rings is 2. The Morgan fingerprint density at radius 1 is 1.03 bits per heavy atom. The van der Waals surface area contributed by atoms with Gasteiger partial charge in [0.2, 0.25) is 5.75 Å². The Balaban J connectivity index is 0.00000161. The van der Waals surface area contributed by atoms with E-state index >= 15 is 0 Å². The number of ether oxygens (including phenoxy) is 3. The van der Waals surface area contributed by atoms with Gasteiger partial charge in [0.1, 0.15) is 17.8 Å². The molecule has 0 aliphatic heterocycles. The number of unbranched alkanes of at least 4 members (excludes halogenated alkanes) is 1. The smallest absolute Gasteiger partial charge is 0.263 e. The van der Waals surface area contributed by atoms with Gasteiger partial charge in [0.05, 0.1) is 18.6 Å². The molecule has 0 bridgehead atoms. The molecule has 0 aliphatic carbocycles. The van der Waals surface area contributed by atoms with Crippen LogP contribution >= 0.6 is 0 Å². The highest BCUT2D eigenvalue weighted by Crippen LogP contribution is 2.37. The van der Waals surface area contributed by atoms with Crippen molar-refractivity contribution in [3.8, 4) is 23.1 Å². The van der Waals surface area contributed by atoms with Crippen LogP contribution in [-0.4, -0.2) is 32.1 Å². The van der Waals surface area contributed by atoms with Crippen molar-refractivity contribution in [1.82, 2.24) is 9.97 Å². The monoisotopic (exact) mass is 541 g/mol. The molecule has 38 heavy (non-hydrogen) atoms. The normalized spacial score (nSPS) is 11.1. The summed E-state index contributed by atoms with van der Waals surface area (Å²) in [6.07, 6.45) is 5.75. The molecule has 3 rings (SSSR count). The summed E-state index contributed by atoms with van der Waals surface area (Å²) in [7, 11) is -2.42.